The van der Waals surface area contributed by atoms with E-state index in [-0.39, 0.29) is 10.6 Å². The molecule has 0 saturated carbocycles. The molecular formula is C21H25FN2O5S. The molecule has 0 spiro atoms. The van der Waals surface area contributed by atoms with Gasteiger partial charge in [-0.15, -0.1) is 0 Å². The molecule has 1 aliphatic heterocycles. The van der Waals surface area contributed by atoms with E-state index in [0.717, 1.165) is 19.3 Å². The monoisotopic (exact) mass is 436 g/mol. The fourth-order valence-corrected chi connectivity index (χ4v) is 4.91. The number of rotatable bonds is 7. The van der Waals surface area contributed by atoms with Crippen LogP contribution in [-0.4, -0.2) is 44.9 Å². The number of amides is 1. The summed E-state index contributed by atoms with van der Waals surface area (Å²) in [5.41, 5.74) is 0.311. The van der Waals surface area contributed by atoms with E-state index >= 15 is 0 Å². The molecule has 1 heterocycles. The van der Waals surface area contributed by atoms with E-state index in [1.807, 2.05) is 0 Å². The first kappa shape index (κ1) is 22.0. The number of halogens is 1. The molecule has 1 amide bonds. The van der Waals surface area contributed by atoms with Gasteiger partial charge in [-0.1, -0.05) is 6.42 Å². The van der Waals surface area contributed by atoms with Crippen molar-refractivity contribution in [2.24, 2.45) is 0 Å². The number of ether oxygens (including phenoxy) is 2. The second kappa shape index (κ2) is 9.44. The molecule has 1 atom stereocenters. The molecule has 1 unspecified atom stereocenters. The summed E-state index contributed by atoms with van der Waals surface area (Å²) in [6.07, 6.45) is 1.76. The molecule has 7 nitrogen and oxygen atoms in total. The fraction of sp³-hybridized carbons (Fsp3) is 0.381. The molecule has 1 saturated heterocycles. The second-order valence-electron chi connectivity index (χ2n) is 7.03. The number of nitrogens with one attached hydrogen (secondary N) is 1. The van der Waals surface area contributed by atoms with Gasteiger partial charge in [-0.25, -0.2) is 12.8 Å². The lowest BCUT2D eigenvalue weighted by molar-refractivity contribution is -0.122. The summed E-state index contributed by atoms with van der Waals surface area (Å²) in [5, 5.41) is 2.66. The Morgan fingerprint density at radius 3 is 2.40 bits per heavy atom. The zero-order chi connectivity index (χ0) is 21.7. The lowest BCUT2D eigenvalue weighted by Gasteiger charge is -2.26. The number of carbonyl (C=O) groups is 1. The van der Waals surface area contributed by atoms with Crippen molar-refractivity contribution < 1.29 is 27.1 Å². The van der Waals surface area contributed by atoms with Crippen LogP contribution in [0.3, 0.4) is 0 Å². The van der Waals surface area contributed by atoms with E-state index in [2.05, 4.69) is 5.32 Å². The maximum Gasteiger partial charge on any atom is 0.265 e. The Kier molecular flexibility index (Phi) is 6.94. The minimum Gasteiger partial charge on any atom is -0.495 e. The number of hydrogen-bond acceptors (Lipinski definition) is 5. The van der Waals surface area contributed by atoms with Gasteiger partial charge in [0.2, 0.25) is 10.0 Å². The first-order chi connectivity index (χ1) is 14.3. The van der Waals surface area contributed by atoms with Crippen LogP contribution in [0, 0.1) is 5.82 Å². The number of carbonyl (C=O) groups excluding carboxylic acids is 1. The summed E-state index contributed by atoms with van der Waals surface area (Å²) in [6, 6.07) is 9.80. The second-order valence-corrected chi connectivity index (χ2v) is 8.94. The summed E-state index contributed by atoms with van der Waals surface area (Å²) >= 11 is 0. The van der Waals surface area contributed by atoms with Crippen LogP contribution in [0.2, 0.25) is 0 Å². The van der Waals surface area contributed by atoms with Crippen LogP contribution in [-0.2, 0) is 14.8 Å². The highest BCUT2D eigenvalue weighted by atomic mass is 32.2. The molecule has 1 fully saturated rings. The SMILES string of the molecule is COc1ccc(NC(=O)C(C)Oc2ccc(F)cc2)cc1S(=O)(=O)N1CCCCC1. The van der Waals surface area contributed by atoms with Gasteiger partial charge in [0.15, 0.2) is 6.10 Å². The number of nitrogens with zero attached hydrogens (tertiary/aromatic N) is 1. The smallest absolute Gasteiger partial charge is 0.265 e. The van der Waals surface area contributed by atoms with Crippen LogP contribution in [0.4, 0.5) is 10.1 Å². The Morgan fingerprint density at radius 2 is 1.77 bits per heavy atom. The first-order valence-electron chi connectivity index (χ1n) is 9.72. The third-order valence-corrected chi connectivity index (χ3v) is 6.78. The van der Waals surface area contributed by atoms with Crippen molar-refractivity contribution in [3.63, 3.8) is 0 Å². The number of sulfonamides is 1. The molecule has 0 bridgehead atoms. The van der Waals surface area contributed by atoms with E-state index in [0.29, 0.717) is 24.5 Å². The van der Waals surface area contributed by atoms with Crippen LogP contribution in [0.5, 0.6) is 11.5 Å². The predicted molar refractivity (Wildman–Crippen MR) is 111 cm³/mol. The molecule has 1 aliphatic rings. The molecule has 30 heavy (non-hydrogen) atoms. The topological polar surface area (TPSA) is 84.9 Å². The Balaban J connectivity index is 1.77. The standard InChI is InChI=1S/C21H25FN2O5S/c1-15(29-18-9-6-16(22)7-10-18)21(25)23-17-8-11-19(28-2)20(14-17)30(26,27)24-12-4-3-5-13-24/h6-11,14-15H,3-5,12-13H2,1-2H3,(H,23,25). The number of methoxy groups -OCH3 is 1. The van der Waals surface area contributed by atoms with Crippen LogP contribution in [0.1, 0.15) is 26.2 Å². The molecular weight excluding hydrogens is 411 g/mol. The highest BCUT2D eigenvalue weighted by molar-refractivity contribution is 7.89. The van der Waals surface area contributed by atoms with Gasteiger partial charge in [0, 0.05) is 18.8 Å². The molecule has 162 valence electrons. The average Bonchev–Trinajstić information content (AvgIpc) is 2.75. The van der Waals surface area contributed by atoms with E-state index < -0.39 is 27.9 Å². The minimum atomic E-state index is -3.75. The van der Waals surface area contributed by atoms with Crippen LogP contribution in [0.15, 0.2) is 47.4 Å². The minimum absolute atomic E-state index is 0.0109. The zero-order valence-corrected chi connectivity index (χ0v) is 17.7. The van der Waals surface area contributed by atoms with Crippen molar-refractivity contribution in [1.29, 1.82) is 0 Å². The largest absolute Gasteiger partial charge is 0.495 e. The maximum absolute atomic E-state index is 13.1. The first-order valence-corrected chi connectivity index (χ1v) is 11.2. The predicted octanol–water partition coefficient (Wildman–Crippen LogP) is 3.41. The number of piperidine rings is 1. The van der Waals surface area contributed by atoms with E-state index in [9.17, 15) is 17.6 Å². The van der Waals surface area contributed by atoms with Crippen LogP contribution >= 0.6 is 0 Å². The summed E-state index contributed by atoms with van der Waals surface area (Å²) in [4.78, 5) is 12.5. The molecule has 2 aromatic rings. The Labute approximate surface area is 175 Å². The quantitative estimate of drug-likeness (QED) is 0.719. The van der Waals surface area contributed by atoms with Gasteiger partial charge in [0.05, 0.1) is 7.11 Å². The number of benzene rings is 2. The van der Waals surface area contributed by atoms with Gasteiger partial charge in [-0.3, -0.25) is 4.79 Å². The summed E-state index contributed by atoms with van der Waals surface area (Å²) in [6.45, 7) is 2.48. The van der Waals surface area contributed by atoms with Gasteiger partial charge in [-0.05, 0) is 62.2 Å². The van der Waals surface area contributed by atoms with Gasteiger partial charge >= 0.3 is 0 Å². The fourth-order valence-electron chi connectivity index (χ4n) is 3.22. The van der Waals surface area contributed by atoms with E-state index in [4.69, 9.17) is 9.47 Å². The molecule has 0 radical (unpaired) electrons. The Hall–Kier alpha value is -2.65. The molecule has 2 aromatic carbocycles. The highest BCUT2D eigenvalue weighted by Gasteiger charge is 2.29. The van der Waals surface area contributed by atoms with Crippen LogP contribution < -0.4 is 14.8 Å². The average molecular weight is 437 g/mol. The molecule has 1 N–H and O–H groups in total. The van der Waals surface area contributed by atoms with Gasteiger partial charge in [0.25, 0.3) is 5.91 Å². The summed E-state index contributed by atoms with van der Waals surface area (Å²) in [7, 11) is -2.34. The van der Waals surface area contributed by atoms with Gasteiger partial charge in [0.1, 0.15) is 22.2 Å². The molecule has 0 aliphatic carbocycles. The van der Waals surface area contributed by atoms with Crippen molar-refractivity contribution in [3.05, 3.63) is 48.3 Å². The molecule has 9 heteroatoms. The number of hydrogen-bond donors (Lipinski definition) is 1. The van der Waals surface area contributed by atoms with Gasteiger partial charge < -0.3 is 14.8 Å². The van der Waals surface area contributed by atoms with Crippen LogP contribution in [0.25, 0.3) is 0 Å². The molecule has 3 rings (SSSR count). The maximum atomic E-state index is 13.1. The van der Waals surface area contributed by atoms with E-state index in [1.165, 1.54) is 47.8 Å². The Bertz CT molecular complexity index is 989. The lowest BCUT2D eigenvalue weighted by atomic mass is 10.2. The Morgan fingerprint density at radius 1 is 1.10 bits per heavy atom. The summed E-state index contributed by atoms with van der Waals surface area (Å²) in [5.74, 6) is -0.303. The van der Waals surface area contributed by atoms with E-state index in [1.54, 1.807) is 13.0 Å². The molecule has 0 aromatic heterocycles. The van der Waals surface area contributed by atoms with Crippen molar-refractivity contribution >= 4 is 21.6 Å². The van der Waals surface area contributed by atoms with Gasteiger partial charge in [-0.2, -0.15) is 4.31 Å². The normalized spacial score (nSPS) is 16.0. The lowest BCUT2D eigenvalue weighted by Crippen LogP contribution is -2.36. The van der Waals surface area contributed by atoms with Crippen molar-refractivity contribution in [3.8, 4) is 11.5 Å². The number of anilines is 1. The zero-order valence-electron chi connectivity index (χ0n) is 16.9. The highest BCUT2D eigenvalue weighted by Crippen LogP contribution is 2.31. The summed E-state index contributed by atoms with van der Waals surface area (Å²) < 4.78 is 51.4. The van der Waals surface area contributed by atoms with Crippen molar-refractivity contribution in [2.45, 2.75) is 37.2 Å². The third-order valence-electron chi connectivity index (χ3n) is 4.86. The van der Waals surface area contributed by atoms with Crippen molar-refractivity contribution in [1.82, 2.24) is 4.31 Å². The van der Waals surface area contributed by atoms with Crippen molar-refractivity contribution in [2.75, 3.05) is 25.5 Å². The third kappa shape index (κ3) is 5.09.